The number of pyridine rings is 1. The fourth-order valence-electron chi connectivity index (χ4n) is 4.02. The number of amides is 1. The van der Waals surface area contributed by atoms with E-state index in [4.69, 9.17) is 5.73 Å². The minimum absolute atomic E-state index is 0.0805. The number of hydrogen-bond acceptors (Lipinski definition) is 4. The summed E-state index contributed by atoms with van der Waals surface area (Å²) >= 11 is 2.12. The highest BCUT2D eigenvalue weighted by atomic mass is 127. The van der Waals surface area contributed by atoms with E-state index in [2.05, 4.69) is 27.6 Å². The molecule has 1 aliphatic rings. The van der Waals surface area contributed by atoms with Gasteiger partial charge in [-0.15, -0.1) is 0 Å². The lowest BCUT2D eigenvalue weighted by atomic mass is 10.1. The predicted molar refractivity (Wildman–Crippen MR) is 123 cm³/mol. The fraction of sp³-hybridized carbons (Fsp3) is 0.238. The van der Waals surface area contributed by atoms with Crippen LogP contribution in [0.4, 0.5) is 13.2 Å². The Bertz CT molecular complexity index is 1310. The Kier molecular flexibility index (Phi) is 6.26. The van der Waals surface area contributed by atoms with Gasteiger partial charge in [-0.2, -0.15) is 17.5 Å². The van der Waals surface area contributed by atoms with Crippen LogP contribution in [0.2, 0.25) is 0 Å². The molecule has 0 saturated carbocycles. The normalized spacial score (nSPS) is 14.8. The number of alkyl halides is 4. The van der Waals surface area contributed by atoms with Gasteiger partial charge in [-0.1, -0.05) is 22.6 Å². The van der Waals surface area contributed by atoms with Crippen molar-refractivity contribution >= 4 is 38.5 Å². The van der Waals surface area contributed by atoms with Crippen LogP contribution in [0.15, 0.2) is 53.7 Å². The molecule has 0 radical (unpaired) electrons. The van der Waals surface area contributed by atoms with E-state index in [0.29, 0.717) is 15.7 Å². The van der Waals surface area contributed by atoms with Crippen molar-refractivity contribution in [3.8, 4) is 11.3 Å². The summed E-state index contributed by atoms with van der Waals surface area (Å²) in [6, 6.07) is 6.98. The van der Waals surface area contributed by atoms with Gasteiger partial charge in [0.05, 0.1) is 28.3 Å². The second kappa shape index (κ2) is 8.72. The number of benzene rings is 1. The maximum Gasteiger partial charge on any atom is 0.416 e. The second-order valence-corrected chi connectivity index (χ2v) is 10.1. The summed E-state index contributed by atoms with van der Waals surface area (Å²) in [6.07, 6.45) is -1.28. The van der Waals surface area contributed by atoms with E-state index < -0.39 is 27.7 Å². The van der Waals surface area contributed by atoms with Crippen LogP contribution in [-0.4, -0.2) is 34.7 Å². The number of carbonyl (C=O) groups excluding carboxylic acids is 1. The van der Waals surface area contributed by atoms with E-state index in [0.717, 1.165) is 39.8 Å². The van der Waals surface area contributed by atoms with E-state index in [9.17, 15) is 26.4 Å². The van der Waals surface area contributed by atoms with E-state index in [1.165, 1.54) is 0 Å². The molecule has 0 unspecified atom stereocenters. The highest BCUT2D eigenvalue weighted by Crippen LogP contribution is 2.37. The molecular weight excluding hydrogens is 572 g/mol. The summed E-state index contributed by atoms with van der Waals surface area (Å²) in [4.78, 5) is 16.3. The first-order chi connectivity index (χ1) is 15.6. The summed E-state index contributed by atoms with van der Waals surface area (Å²) in [7, 11) is -4.10. The SMILES string of the molecule is NC(=O)c1c(CI)c(-c2cccnc2)n2c1CN(S(=O)(=O)c1ccc(C(F)(F)F)cc1)CC2. The topological polar surface area (TPSA) is 98.3 Å². The van der Waals surface area contributed by atoms with Gasteiger partial charge in [-0.25, -0.2) is 8.42 Å². The molecule has 3 heterocycles. The van der Waals surface area contributed by atoms with Crippen LogP contribution < -0.4 is 5.73 Å². The van der Waals surface area contributed by atoms with Crippen LogP contribution in [-0.2, 0) is 33.7 Å². The van der Waals surface area contributed by atoms with Crippen LogP contribution in [0.3, 0.4) is 0 Å². The summed E-state index contributed by atoms with van der Waals surface area (Å²) in [5.41, 5.74) is 7.69. The lowest BCUT2D eigenvalue weighted by Crippen LogP contribution is -2.39. The van der Waals surface area contributed by atoms with Gasteiger partial charge in [0.1, 0.15) is 0 Å². The smallest absolute Gasteiger partial charge is 0.366 e. The standard InChI is InChI=1S/C21H18F3IN4O3S/c22-21(23,24)14-3-5-15(6-4-14)33(31,32)28-8-9-29-17(12-28)18(20(26)30)16(10-25)19(29)13-2-1-7-27-11-13/h1-7,11H,8-10,12H2,(H2,26,30). The third-order valence-electron chi connectivity index (χ3n) is 5.51. The molecule has 0 saturated heterocycles. The lowest BCUT2D eigenvalue weighted by Gasteiger charge is -2.29. The number of aromatic nitrogens is 2. The fourth-order valence-corrected chi connectivity index (χ4v) is 6.15. The average molecular weight is 590 g/mol. The molecule has 1 amide bonds. The Balaban J connectivity index is 1.77. The third kappa shape index (κ3) is 4.26. The Hall–Kier alpha value is -2.45. The number of sulfonamides is 1. The molecule has 12 heteroatoms. The van der Waals surface area contributed by atoms with E-state index in [-0.39, 0.29) is 30.1 Å². The number of nitrogens with two attached hydrogens (primary N) is 1. The predicted octanol–water partition coefficient (Wildman–Crippen LogP) is 3.81. The van der Waals surface area contributed by atoms with Crippen molar-refractivity contribution in [2.45, 2.75) is 28.6 Å². The highest BCUT2D eigenvalue weighted by Gasteiger charge is 2.36. The quantitative estimate of drug-likeness (QED) is 0.361. The zero-order valence-electron chi connectivity index (χ0n) is 17.0. The summed E-state index contributed by atoms with van der Waals surface area (Å²) in [5.74, 6) is -0.672. The largest absolute Gasteiger partial charge is 0.416 e. The van der Waals surface area contributed by atoms with Crippen molar-refractivity contribution < 1.29 is 26.4 Å². The minimum atomic E-state index is -4.57. The van der Waals surface area contributed by atoms with Gasteiger partial charge in [-0.3, -0.25) is 9.78 Å². The molecule has 0 atom stereocenters. The molecule has 3 aromatic rings. The molecule has 0 bridgehead atoms. The number of carbonyl (C=O) groups is 1. The molecule has 0 spiro atoms. The summed E-state index contributed by atoms with van der Waals surface area (Å²) in [6.45, 7) is 0.194. The molecule has 0 fully saturated rings. The molecule has 174 valence electrons. The van der Waals surface area contributed by atoms with Gasteiger partial charge in [0, 0.05) is 46.7 Å². The number of halogens is 4. The van der Waals surface area contributed by atoms with Crippen LogP contribution in [0.25, 0.3) is 11.3 Å². The van der Waals surface area contributed by atoms with Crippen molar-refractivity contribution in [3.63, 3.8) is 0 Å². The van der Waals surface area contributed by atoms with Crippen LogP contribution in [0, 0.1) is 0 Å². The van der Waals surface area contributed by atoms with E-state index >= 15 is 0 Å². The van der Waals surface area contributed by atoms with Gasteiger partial charge in [0.25, 0.3) is 5.91 Å². The number of hydrogen-bond donors (Lipinski definition) is 1. The Morgan fingerprint density at radius 2 is 1.85 bits per heavy atom. The van der Waals surface area contributed by atoms with Crippen molar-refractivity contribution in [3.05, 3.63) is 71.2 Å². The van der Waals surface area contributed by atoms with Crippen LogP contribution >= 0.6 is 22.6 Å². The van der Waals surface area contributed by atoms with E-state index in [1.54, 1.807) is 18.5 Å². The van der Waals surface area contributed by atoms with Crippen LogP contribution in [0.1, 0.15) is 27.2 Å². The Morgan fingerprint density at radius 3 is 2.39 bits per heavy atom. The van der Waals surface area contributed by atoms with Gasteiger partial charge in [-0.05, 0) is 36.4 Å². The number of rotatable bonds is 5. The molecule has 2 N–H and O–H groups in total. The lowest BCUT2D eigenvalue weighted by molar-refractivity contribution is -0.137. The summed E-state index contributed by atoms with van der Waals surface area (Å²) < 4.78 is 68.4. The molecule has 7 nitrogen and oxygen atoms in total. The Morgan fingerprint density at radius 1 is 1.15 bits per heavy atom. The van der Waals surface area contributed by atoms with Crippen molar-refractivity contribution in [2.24, 2.45) is 5.73 Å². The first-order valence-corrected chi connectivity index (χ1v) is 12.7. The number of primary amides is 1. The van der Waals surface area contributed by atoms with Gasteiger partial charge in [0.15, 0.2) is 0 Å². The zero-order valence-corrected chi connectivity index (χ0v) is 20.0. The number of nitrogens with zero attached hydrogens (tertiary/aromatic N) is 3. The minimum Gasteiger partial charge on any atom is -0.366 e. The Labute approximate surface area is 201 Å². The van der Waals surface area contributed by atoms with Gasteiger partial charge >= 0.3 is 6.18 Å². The average Bonchev–Trinajstić information content (AvgIpc) is 3.13. The highest BCUT2D eigenvalue weighted by molar-refractivity contribution is 14.1. The molecule has 0 aliphatic carbocycles. The first kappa shape index (κ1) is 23.7. The van der Waals surface area contributed by atoms with Gasteiger partial charge in [0.2, 0.25) is 10.0 Å². The molecular formula is C21H18F3IN4O3S. The molecule has 4 rings (SSSR count). The maximum absolute atomic E-state index is 13.2. The second-order valence-electron chi connectivity index (χ2n) is 7.40. The van der Waals surface area contributed by atoms with Gasteiger partial charge < -0.3 is 10.3 Å². The maximum atomic E-state index is 13.2. The molecule has 2 aromatic heterocycles. The third-order valence-corrected chi connectivity index (χ3v) is 8.13. The molecule has 1 aliphatic heterocycles. The van der Waals surface area contributed by atoms with Crippen LogP contribution in [0.5, 0.6) is 0 Å². The van der Waals surface area contributed by atoms with Crippen molar-refractivity contribution in [2.75, 3.05) is 6.54 Å². The monoisotopic (exact) mass is 590 g/mol. The first-order valence-electron chi connectivity index (χ1n) is 9.73. The summed E-state index contributed by atoms with van der Waals surface area (Å²) in [5, 5.41) is 0. The van der Waals surface area contributed by atoms with Crippen molar-refractivity contribution in [1.82, 2.24) is 13.9 Å². The van der Waals surface area contributed by atoms with Crippen molar-refractivity contribution in [1.29, 1.82) is 0 Å². The number of fused-ring (bicyclic) bond motifs is 1. The van der Waals surface area contributed by atoms with E-state index in [1.807, 2.05) is 10.6 Å². The molecule has 33 heavy (non-hydrogen) atoms. The zero-order chi connectivity index (χ0) is 24.0. The molecule has 1 aromatic carbocycles.